The van der Waals surface area contributed by atoms with Gasteiger partial charge in [0.2, 0.25) is 0 Å². The van der Waals surface area contributed by atoms with Gasteiger partial charge in [-0.05, 0) is 68.9 Å². The highest BCUT2D eigenvalue weighted by molar-refractivity contribution is 6.40. The number of carbonyl (C=O) groups is 2. The highest BCUT2D eigenvalue weighted by Gasteiger charge is 2.43. The van der Waals surface area contributed by atoms with Gasteiger partial charge in [0.05, 0.1) is 0 Å². The maximum Gasteiger partial charge on any atom is 0.316 e. The first-order valence-electron chi connectivity index (χ1n) is 9.26. The summed E-state index contributed by atoms with van der Waals surface area (Å²) in [4.78, 5) is 27.0. The van der Waals surface area contributed by atoms with E-state index in [-0.39, 0.29) is 12.1 Å². The number of nitrogens with one attached hydrogen (secondary N) is 1. The molecule has 5 unspecified atom stereocenters. The van der Waals surface area contributed by atoms with E-state index >= 15 is 0 Å². The molecule has 1 N–H and O–H groups in total. The molecule has 4 rings (SSSR count). The maximum absolute atomic E-state index is 12.7. The smallest absolute Gasteiger partial charge is 0.316 e. The predicted octanol–water partition coefficient (Wildman–Crippen LogP) is 2.91. The number of hydrogen-bond acceptors (Lipinski definition) is 2. The molecule has 5 atom stereocenters. The van der Waals surface area contributed by atoms with Crippen LogP contribution in [0.15, 0.2) is 24.3 Å². The van der Waals surface area contributed by atoms with Gasteiger partial charge in [-0.1, -0.05) is 24.6 Å². The molecule has 128 valence electrons. The van der Waals surface area contributed by atoms with E-state index in [4.69, 9.17) is 0 Å². The predicted molar refractivity (Wildman–Crippen MR) is 93.6 cm³/mol. The van der Waals surface area contributed by atoms with Gasteiger partial charge in [0, 0.05) is 17.8 Å². The Balaban J connectivity index is 1.44. The Morgan fingerprint density at radius 2 is 2.00 bits per heavy atom. The molecule has 1 aliphatic heterocycles. The number of fused-ring (bicyclic) bond motifs is 3. The van der Waals surface area contributed by atoms with E-state index in [1.807, 2.05) is 31.2 Å². The number of benzene rings is 1. The average molecular weight is 326 g/mol. The van der Waals surface area contributed by atoms with E-state index in [1.165, 1.54) is 25.7 Å². The van der Waals surface area contributed by atoms with Crippen molar-refractivity contribution >= 4 is 17.5 Å². The largest absolute Gasteiger partial charge is 0.345 e. The summed E-state index contributed by atoms with van der Waals surface area (Å²) in [6, 6.07) is 8.01. The van der Waals surface area contributed by atoms with Gasteiger partial charge in [0.1, 0.15) is 0 Å². The second-order valence-corrected chi connectivity index (χ2v) is 7.96. The standard InChI is InChI=1S/C20H26N2O2/c1-12-9-16-5-3-4-6-18(16)22(12)20(24)19(23)21-13(2)17-11-14-7-8-15(17)10-14/h3-6,12-15,17H,7-11H2,1-2H3,(H,21,23). The second kappa shape index (κ2) is 5.91. The number of para-hydroxylation sites is 1. The lowest BCUT2D eigenvalue weighted by Crippen LogP contribution is -2.50. The first-order valence-corrected chi connectivity index (χ1v) is 9.26. The van der Waals surface area contributed by atoms with Gasteiger partial charge in [-0.3, -0.25) is 9.59 Å². The third-order valence-electron chi connectivity index (χ3n) is 6.41. The monoisotopic (exact) mass is 326 g/mol. The van der Waals surface area contributed by atoms with E-state index in [9.17, 15) is 9.59 Å². The summed E-state index contributed by atoms with van der Waals surface area (Å²) < 4.78 is 0. The van der Waals surface area contributed by atoms with Crippen molar-refractivity contribution in [2.24, 2.45) is 17.8 Å². The normalized spacial score (nSPS) is 31.8. The first-order chi connectivity index (χ1) is 11.5. The van der Waals surface area contributed by atoms with Crippen LogP contribution in [0.4, 0.5) is 5.69 Å². The van der Waals surface area contributed by atoms with Crippen molar-refractivity contribution in [1.29, 1.82) is 0 Å². The summed E-state index contributed by atoms with van der Waals surface area (Å²) in [5.74, 6) is 1.27. The van der Waals surface area contributed by atoms with Crippen LogP contribution >= 0.6 is 0 Å². The molecule has 2 saturated carbocycles. The summed E-state index contributed by atoms with van der Waals surface area (Å²) >= 11 is 0. The lowest BCUT2D eigenvalue weighted by Gasteiger charge is -2.29. The van der Waals surface area contributed by atoms with Crippen LogP contribution in [0, 0.1) is 17.8 Å². The molecule has 2 aliphatic carbocycles. The van der Waals surface area contributed by atoms with Gasteiger partial charge in [0.25, 0.3) is 0 Å². The van der Waals surface area contributed by atoms with Gasteiger partial charge in [-0.15, -0.1) is 0 Å². The number of hydrogen-bond donors (Lipinski definition) is 1. The third kappa shape index (κ3) is 2.52. The summed E-state index contributed by atoms with van der Waals surface area (Å²) in [5.41, 5.74) is 2.03. The molecule has 1 aromatic rings. The molecule has 4 heteroatoms. The van der Waals surface area contributed by atoms with Crippen molar-refractivity contribution in [2.45, 2.75) is 58.0 Å². The summed E-state index contributed by atoms with van der Waals surface area (Å²) in [5, 5.41) is 3.00. The van der Waals surface area contributed by atoms with Crippen molar-refractivity contribution in [1.82, 2.24) is 5.32 Å². The Labute approximate surface area is 143 Å². The zero-order chi connectivity index (χ0) is 16.8. The second-order valence-electron chi connectivity index (χ2n) is 7.96. The van der Waals surface area contributed by atoms with Gasteiger partial charge in [-0.2, -0.15) is 0 Å². The van der Waals surface area contributed by atoms with Crippen molar-refractivity contribution in [3.63, 3.8) is 0 Å². The summed E-state index contributed by atoms with van der Waals surface area (Å²) in [7, 11) is 0. The van der Waals surface area contributed by atoms with Crippen LogP contribution in [0.5, 0.6) is 0 Å². The lowest BCUT2D eigenvalue weighted by molar-refractivity contribution is -0.138. The van der Waals surface area contributed by atoms with Crippen LogP contribution in [0.3, 0.4) is 0 Å². The highest BCUT2D eigenvalue weighted by Crippen LogP contribution is 2.49. The minimum Gasteiger partial charge on any atom is -0.345 e. The van der Waals surface area contributed by atoms with Crippen LogP contribution in [0.1, 0.15) is 45.1 Å². The molecule has 4 nitrogen and oxygen atoms in total. The molecule has 2 bridgehead atoms. The molecule has 2 fully saturated rings. The quantitative estimate of drug-likeness (QED) is 0.850. The van der Waals surface area contributed by atoms with Crippen LogP contribution in [-0.2, 0) is 16.0 Å². The van der Waals surface area contributed by atoms with Gasteiger partial charge in [0.15, 0.2) is 0 Å². The molecular weight excluding hydrogens is 300 g/mol. The Hall–Kier alpha value is -1.84. The third-order valence-corrected chi connectivity index (χ3v) is 6.41. The zero-order valence-corrected chi connectivity index (χ0v) is 14.5. The van der Waals surface area contributed by atoms with E-state index < -0.39 is 11.8 Å². The molecule has 0 aromatic heterocycles. The summed E-state index contributed by atoms with van der Waals surface area (Å²) in [6.07, 6.45) is 5.98. The van der Waals surface area contributed by atoms with Crippen molar-refractivity contribution < 1.29 is 9.59 Å². The Morgan fingerprint density at radius 1 is 1.21 bits per heavy atom. The molecule has 0 spiro atoms. The van der Waals surface area contributed by atoms with Crippen molar-refractivity contribution in [2.75, 3.05) is 4.90 Å². The van der Waals surface area contributed by atoms with Crippen LogP contribution in [0.25, 0.3) is 0 Å². The van der Waals surface area contributed by atoms with Crippen molar-refractivity contribution in [3.8, 4) is 0 Å². The molecular formula is C20H26N2O2. The number of rotatable bonds is 2. The SMILES string of the molecule is CC(NC(=O)C(=O)N1c2ccccc2CC1C)C1CC2CCC1C2. The molecule has 0 saturated heterocycles. The molecule has 1 heterocycles. The van der Waals surface area contributed by atoms with Crippen LogP contribution in [0.2, 0.25) is 0 Å². The van der Waals surface area contributed by atoms with Gasteiger partial charge in [-0.25, -0.2) is 0 Å². The molecule has 2 amide bonds. The summed E-state index contributed by atoms with van der Waals surface area (Å²) in [6.45, 7) is 4.07. The van der Waals surface area contributed by atoms with Crippen molar-refractivity contribution in [3.05, 3.63) is 29.8 Å². The highest BCUT2D eigenvalue weighted by atomic mass is 16.2. The molecule has 3 aliphatic rings. The zero-order valence-electron chi connectivity index (χ0n) is 14.5. The van der Waals surface area contributed by atoms with Gasteiger partial charge < -0.3 is 10.2 Å². The number of carbonyl (C=O) groups excluding carboxylic acids is 2. The van der Waals surface area contributed by atoms with Gasteiger partial charge >= 0.3 is 11.8 Å². The number of anilines is 1. The Bertz CT molecular complexity index is 671. The first kappa shape index (κ1) is 15.7. The maximum atomic E-state index is 12.7. The average Bonchev–Trinajstić information content (AvgIpc) is 3.26. The van der Waals surface area contributed by atoms with Crippen LogP contribution in [-0.4, -0.2) is 23.9 Å². The Morgan fingerprint density at radius 3 is 2.71 bits per heavy atom. The van der Waals surface area contributed by atoms with E-state index in [1.54, 1.807) is 4.90 Å². The number of nitrogens with zero attached hydrogens (tertiary/aromatic N) is 1. The molecule has 0 radical (unpaired) electrons. The van der Waals surface area contributed by atoms with E-state index in [2.05, 4.69) is 12.2 Å². The number of amides is 2. The fraction of sp³-hybridized carbons (Fsp3) is 0.600. The minimum atomic E-state index is -0.450. The fourth-order valence-corrected chi connectivity index (χ4v) is 5.27. The van der Waals surface area contributed by atoms with E-state index in [0.717, 1.165) is 29.5 Å². The molecule has 1 aromatic carbocycles. The van der Waals surface area contributed by atoms with E-state index in [0.29, 0.717) is 5.92 Å². The fourth-order valence-electron chi connectivity index (χ4n) is 5.27. The topological polar surface area (TPSA) is 49.4 Å². The van der Waals surface area contributed by atoms with Crippen LogP contribution < -0.4 is 10.2 Å². The Kier molecular flexibility index (Phi) is 3.86. The minimum absolute atomic E-state index is 0.0402. The lowest BCUT2D eigenvalue weighted by atomic mass is 9.84. The molecule has 24 heavy (non-hydrogen) atoms.